The van der Waals surface area contributed by atoms with Crippen LogP contribution in [0.5, 0.6) is 0 Å². The lowest BCUT2D eigenvalue weighted by Crippen LogP contribution is -2.61. The molecule has 0 amide bonds. The van der Waals surface area contributed by atoms with E-state index in [4.69, 9.17) is 4.98 Å². The molecule has 10 rings (SSSR count). The van der Waals surface area contributed by atoms with E-state index in [0.29, 0.717) is 11.7 Å². The van der Waals surface area contributed by atoms with Crippen molar-refractivity contribution < 1.29 is 0 Å². The maximum absolute atomic E-state index is 4.71. The zero-order valence-electron chi connectivity index (χ0n) is 28.2. The van der Waals surface area contributed by atoms with Gasteiger partial charge in [-0.1, -0.05) is 73.9 Å². The van der Waals surface area contributed by atoms with Gasteiger partial charge in [0.15, 0.2) is 5.82 Å². The molecule has 0 bridgehead atoms. The Bertz CT molecular complexity index is 2370. The van der Waals surface area contributed by atoms with Gasteiger partial charge in [-0.25, -0.2) is 15.0 Å². The molecule has 0 spiro atoms. The quantitative estimate of drug-likeness (QED) is 0.173. The number of hydrogen-bond donors (Lipinski definition) is 0. The summed E-state index contributed by atoms with van der Waals surface area (Å²) in [5.41, 5.74) is 15.7. The molecule has 6 nitrogen and oxygen atoms in total. The lowest BCUT2D eigenvalue weighted by Gasteiger charge is -2.45. The van der Waals surface area contributed by atoms with Crippen LogP contribution in [0, 0.1) is 0 Å². The second kappa shape index (κ2) is 12.4. The summed E-state index contributed by atoms with van der Waals surface area (Å²) in [5.74, 6) is 1.20. The van der Waals surface area contributed by atoms with E-state index < -0.39 is 0 Å². The zero-order valence-corrected chi connectivity index (χ0v) is 28.2. The second-order valence-electron chi connectivity index (χ2n) is 13.8. The van der Waals surface area contributed by atoms with Gasteiger partial charge in [-0.15, -0.1) is 0 Å². The molecule has 51 heavy (non-hydrogen) atoms. The molecule has 1 fully saturated rings. The van der Waals surface area contributed by atoms with Gasteiger partial charge in [0.2, 0.25) is 0 Å². The van der Waals surface area contributed by atoms with Crippen molar-refractivity contribution in [1.82, 2.24) is 19.9 Å². The molecular weight excluding hydrogens is 623 g/mol. The number of nitrogens with zero attached hydrogens (tertiary/aromatic N) is 6. The first-order chi connectivity index (χ1) is 25.3. The van der Waals surface area contributed by atoms with Crippen molar-refractivity contribution in [3.05, 3.63) is 152 Å². The Kier molecular flexibility index (Phi) is 7.22. The first-order valence-corrected chi connectivity index (χ1v) is 18.0. The van der Waals surface area contributed by atoms with Crippen LogP contribution in [0.4, 0.5) is 34.1 Å². The molecule has 7 heteroatoms. The van der Waals surface area contributed by atoms with Crippen molar-refractivity contribution in [1.29, 1.82) is 0 Å². The van der Waals surface area contributed by atoms with Crippen LogP contribution in [-0.2, 0) is 0 Å². The standard InChI is InChI=1S/C44H35BN6/c1-2-11-30(12-3-1)33-26-41-43-42(27-33)51(35-14-10-13-32(25-35)38-17-8-9-24-47-38)40-19-7-5-16-37(40)45(43)36-15-4-6-18-39(36)50(41)34-22-20-31(21-23-34)44-48-28-46-29-49-44/h4-10,13-30H,1-3,11-12H2. The van der Waals surface area contributed by atoms with Crippen molar-refractivity contribution in [2.45, 2.75) is 38.0 Å². The molecule has 1 saturated carbocycles. The summed E-state index contributed by atoms with van der Waals surface area (Å²) in [4.78, 5) is 22.5. The number of fused-ring (bicyclic) bond motifs is 4. The molecule has 1 aliphatic carbocycles. The molecule has 0 N–H and O–H groups in total. The summed E-state index contributed by atoms with van der Waals surface area (Å²) in [6, 6.07) is 46.7. The third-order valence-corrected chi connectivity index (χ3v) is 10.9. The Morgan fingerprint density at radius 1 is 0.529 bits per heavy atom. The predicted octanol–water partition coefficient (Wildman–Crippen LogP) is 8.73. The number of pyridine rings is 1. The number of anilines is 6. The van der Waals surface area contributed by atoms with E-state index in [1.54, 1.807) is 12.7 Å². The molecule has 3 aliphatic rings. The van der Waals surface area contributed by atoms with E-state index in [2.05, 4.69) is 146 Å². The first-order valence-electron chi connectivity index (χ1n) is 18.0. The Morgan fingerprint density at radius 3 is 1.88 bits per heavy atom. The lowest BCUT2D eigenvalue weighted by atomic mass is 9.33. The lowest BCUT2D eigenvalue weighted by molar-refractivity contribution is 0.444. The van der Waals surface area contributed by atoms with E-state index in [0.717, 1.165) is 28.2 Å². The SMILES string of the molecule is c1ccc(-c2cccc(N3c4ccccc4B4c5ccccc5N(c5ccc(-c6ncncn6)cc5)c5cc(C6CCCCC6)cc3c54)c2)nc1. The molecule has 0 atom stereocenters. The highest BCUT2D eigenvalue weighted by molar-refractivity contribution is 7.00. The minimum Gasteiger partial charge on any atom is -0.311 e. The highest BCUT2D eigenvalue weighted by atomic mass is 15.2. The summed E-state index contributed by atoms with van der Waals surface area (Å²) in [6.07, 6.45) is 11.3. The molecule has 0 saturated heterocycles. The Hall–Kier alpha value is -6.08. The van der Waals surface area contributed by atoms with Crippen LogP contribution in [0.25, 0.3) is 22.6 Å². The van der Waals surface area contributed by atoms with Crippen molar-refractivity contribution in [3.8, 4) is 22.6 Å². The van der Waals surface area contributed by atoms with Gasteiger partial charge in [0, 0.05) is 51.4 Å². The van der Waals surface area contributed by atoms with Crippen LogP contribution in [0.1, 0.15) is 43.6 Å². The Labute approximate surface area is 298 Å². The molecule has 2 aliphatic heterocycles. The molecule has 5 aromatic carbocycles. The van der Waals surface area contributed by atoms with Crippen LogP contribution >= 0.6 is 0 Å². The second-order valence-corrected chi connectivity index (χ2v) is 13.8. The minimum absolute atomic E-state index is 0.0961. The van der Waals surface area contributed by atoms with Crippen LogP contribution in [0.3, 0.4) is 0 Å². The fourth-order valence-electron chi connectivity index (χ4n) is 8.63. The normalized spacial score (nSPS) is 14.9. The molecule has 2 aromatic heterocycles. The van der Waals surface area contributed by atoms with Crippen molar-refractivity contribution in [2.24, 2.45) is 0 Å². The largest absolute Gasteiger partial charge is 0.311 e. The van der Waals surface area contributed by atoms with Gasteiger partial charge >= 0.3 is 0 Å². The summed E-state index contributed by atoms with van der Waals surface area (Å²) >= 11 is 0. The molecule has 0 unspecified atom stereocenters. The maximum Gasteiger partial charge on any atom is 0.252 e. The number of hydrogen-bond acceptors (Lipinski definition) is 6. The van der Waals surface area contributed by atoms with Crippen molar-refractivity contribution in [2.75, 3.05) is 9.80 Å². The number of benzene rings is 5. The van der Waals surface area contributed by atoms with Gasteiger partial charge in [0.1, 0.15) is 12.7 Å². The predicted molar refractivity (Wildman–Crippen MR) is 208 cm³/mol. The maximum atomic E-state index is 4.71. The topological polar surface area (TPSA) is 58.0 Å². The number of para-hydroxylation sites is 2. The van der Waals surface area contributed by atoms with E-state index in [1.807, 2.05) is 12.3 Å². The Balaban J connectivity index is 1.22. The molecule has 244 valence electrons. The van der Waals surface area contributed by atoms with Gasteiger partial charge in [-0.05, 0) is 114 Å². The fraction of sp³-hybridized carbons (Fsp3) is 0.136. The Morgan fingerprint density at radius 2 is 1.20 bits per heavy atom. The zero-order chi connectivity index (χ0) is 33.7. The van der Waals surface area contributed by atoms with Crippen LogP contribution in [-0.4, -0.2) is 26.6 Å². The summed E-state index contributed by atoms with van der Waals surface area (Å²) in [6.45, 7) is 0.0961. The van der Waals surface area contributed by atoms with E-state index >= 15 is 0 Å². The van der Waals surface area contributed by atoms with Crippen molar-refractivity contribution >= 4 is 57.2 Å². The fourth-order valence-corrected chi connectivity index (χ4v) is 8.63. The minimum atomic E-state index is 0.0961. The van der Waals surface area contributed by atoms with E-state index in [1.165, 1.54) is 76.8 Å². The van der Waals surface area contributed by atoms with Gasteiger partial charge in [0.25, 0.3) is 6.71 Å². The van der Waals surface area contributed by atoms with Crippen LogP contribution in [0.15, 0.2) is 146 Å². The van der Waals surface area contributed by atoms with Crippen molar-refractivity contribution in [3.63, 3.8) is 0 Å². The summed E-state index contributed by atoms with van der Waals surface area (Å²) in [5, 5.41) is 0. The third-order valence-electron chi connectivity index (χ3n) is 10.9. The summed E-state index contributed by atoms with van der Waals surface area (Å²) in [7, 11) is 0. The highest BCUT2D eigenvalue weighted by Gasteiger charge is 2.43. The third kappa shape index (κ3) is 5.03. The summed E-state index contributed by atoms with van der Waals surface area (Å²) < 4.78 is 0. The molecule has 7 aromatic rings. The van der Waals surface area contributed by atoms with Gasteiger partial charge in [-0.3, -0.25) is 4.98 Å². The number of aromatic nitrogens is 4. The highest BCUT2D eigenvalue weighted by Crippen LogP contribution is 2.47. The average Bonchev–Trinajstić information content (AvgIpc) is 3.21. The molecule has 0 radical (unpaired) electrons. The van der Waals surface area contributed by atoms with E-state index in [9.17, 15) is 0 Å². The smallest absolute Gasteiger partial charge is 0.252 e. The molecular formula is C44H35BN6. The van der Waals surface area contributed by atoms with Gasteiger partial charge < -0.3 is 9.80 Å². The van der Waals surface area contributed by atoms with E-state index in [-0.39, 0.29) is 6.71 Å². The van der Waals surface area contributed by atoms with Gasteiger partial charge in [0.05, 0.1) is 5.69 Å². The van der Waals surface area contributed by atoms with Gasteiger partial charge in [-0.2, -0.15) is 0 Å². The average molecular weight is 659 g/mol. The number of rotatable bonds is 5. The van der Waals surface area contributed by atoms with Crippen LogP contribution in [0.2, 0.25) is 0 Å². The first kappa shape index (κ1) is 29.8. The molecule has 4 heterocycles. The monoisotopic (exact) mass is 658 g/mol. The van der Waals surface area contributed by atoms with Crippen LogP contribution < -0.4 is 26.2 Å².